The zero-order chi connectivity index (χ0) is 7.40. The third kappa shape index (κ3) is 1.45. The van der Waals surface area contributed by atoms with Crippen molar-refractivity contribution in [1.29, 1.82) is 0 Å². The summed E-state index contributed by atoms with van der Waals surface area (Å²) in [6.45, 7) is 0.134. The van der Waals surface area contributed by atoms with Crippen LogP contribution in [-0.4, -0.2) is 24.2 Å². The maximum Gasteiger partial charge on any atom is 0.256 e. The summed E-state index contributed by atoms with van der Waals surface area (Å²) in [6.07, 6.45) is 3.39. The van der Waals surface area contributed by atoms with Gasteiger partial charge in [0.05, 0.1) is 0 Å². The van der Waals surface area contributed by atoms with E-state index < -0.39 is 0 Å². The molecule has 0 saturated heterocycles. The van der Waals surface area contributed by atoms with Crippen molar-refractivity contribution < 1.29 is 9.53 Å². The highest BCUT2D eigenvalue weighted by Crippen LogP contribution is 1.89. The van der Waals surface area contributed by atoms with Crippen LogP contribution in [0.15, 0.2) is 24.5 Å². The van der Waals surface area contributed by atoms with Crippen LogP contribution in [0.1, 0.15) is 4.79 Å². The fourth-order valence-electron chi connectivity index (χ4n) is 0.699. The number of aromatic nitrogens is 1. The molecule has 0 amide bonds. The van der Waals surface area contributed by atoms with Crippen molar-refractivity contribution in [3.05, 3.63) is 24.5 Å². The molecule has 3 heteroatoms. The lowest BCUT2D eigenvalue weighted by Gasteiger charge is -1.97. The highest BCUT2D eigenvalue weighted by molar-refractivity contribution is 5.79. The number of nitrogens with zero attached hydrogens (tertiary/aromatic N) is 1. The smallest absolute Gasteiger partial charge is 0.256 e. The number of hydrogen-bond acceptors (Lipinski definition) is 2. The van der Waals surface area contributed by atoms with Gasteiger partial charge in [0.15, 0.2) is 0 Å². The van der Waals surface area contributed by atoms with Crippen LogP contribution >= 0.6 is 0 Å². The molecule has 3 nitrogen and oxygen atoms in total. The van der Waals surface area contributed by atoms with Crippen molar-refractivity contribution in [2.24, 2.45) is 0 Å². The molecule has 0 aromatic carbocycles. The van der Waals surface area contributed by atoms with Gasteiger partial charge >= 0.3 is 0 Å². The molecule has 0 aliphatic carbocycles. The lowest BCUT2D eigenvalue weighted by atomic mass is 10.6. The Morgan fingerprint density at radius 1 is 1.50 bits per heavy atom. The van der Waals surface area contributed by atoms with Crippen LogP contribution in [0.4, 0.5) is 0 Å². The Labute approximate surface area is 59.2 Å². The molecule has 1 aromatic rings. The fourth-order valence-corrected chi connectivity index (χ4v) is 0.699. The molecule has 0 saturated carbocycles. The van der Waals surface area contributed by atoms with E-state index >= 15 is 0 Å². The lowest BCUT2D eigenvalue weighted by molar-refractivity contribution is 0.0762. The van der Waals surface area contributed by atoms with E-state index in [0.29, 0.717) is 0 Å². The molecule has 0 aliphatic rings. The standard InChI is InChI=1S/C7H9NO2/c1-10-6-7(9)8-4-2-3-5-8/h2-5H,6H2,1H3. The topological polar surface area (TPSA) is 31.2 Å². The van der Waals surface area contributed by atoms with Crippen LogP contribution in [0.3, 0.4) is 0 Å². The first-order valence-electron chi connectivity index (χ1n) is 2.99. The Morgan fingerprint density at radius 3 is 2.60 bits per heavy atom. The molecular formula is C7H9NO2. The number of rotatable bonds is 2. The Hall–Kier alpha value is -1.09. The van der Waals surface area contributed by atoms with Crippen LogP contribution in [0.5, 0.6) is 0 Å². The van der Waals surface area contributed by atoms with Crippen molar-refractivity contribution in [1.82, 2.24) is 4.57 Å². The molecule has 0 unspecified atom stereocenters. The lowest BCUT2D eigenvalue weighted by Crippen LogP contribution is -2.13. The monoisotopic (exact) mass is 139 g/mol. The van der Waals surface area contributed by atoms with E-state index in [1.807, 2.05) is 0 Å². The number of carbonyl (C=O) groups excluding carboxylic acids is 1. The van der Waals surface area contributed by atoms with Gasteiger partial charge in [-0.2, -0.15) is 0 Å². The van der Waals surface area contributed by atoms with Gasteiger partial charge in [0, 0.05) is 19.5 Å². The molecule has 54 valence electrons. The predicted octanol–water partition coefficient (Wildman–Crippen LogP) is 0.775. The van der Waals surface area contributed by atoms with Crippen LogP contribution < -0.4 is 0 Å². The van der Waals surface area contributed by atoms with Crippen molar-refractivity contribution >= 4 is 5.91 Å². The average Bonchev–Trinajstić information content (AvgIpc) is 2.38. The number of ether oxygens (including phenoxy) is 1. The molecule has 1 heterocycles. The van der Waals surface area contributed by atoms with Gasteiger partial charge in [-0.05, 0) is 12.1 Å². The minimum absolute atomic E-state index is 0.0486. The maximum absolute atomic E-state index is 10.9. The normalized spacial score (nSPS) is 9.70. The first-order valence-corrected chi connectivity index (χ1v) is 2.99. The molecule has 1 rings (SSSR count). The van der Waals surface area contributed by atoms with E-state index in [2.05, 4.69) is 4.74 Å². The molecule has 0 spiro atoms. The van der Waals surface area contributed by atoms with Gasteiger partial charge < -0.3 is 4.74 Å². The molecule has 1 aromatic heterocycles. The van der Waals surface area contributed by atoms with Crippen molar-refractivity contribution in [2.75, 3.05) is 13.7 Å². The largest absolute Gasteiger partial charge is 0.375 e. The summed E-state index contributed by atoms with van der Waals surface area (Å²) in [6, 6.07) is 3.60. The number of methoxy groups -OCH3 is 1. The zero-order valence-electron chi connectivity index (χ0n) is 5.78. The predicted molar refractivity (Wildman–Crippen MR) is 36.9 cm³/mol. The highest BCUT2D eigenvalue weighted by Gasteiger charge is 1.99. The molecular weight excluding hydrogens is 130 g/mol. The van der Waals surface area contributed by atoms with Crippen molar-refractivity contribution in [3.8, 4) is 0 Å². The second-order valence-electron chi connectivity index (χ2n) is 1.92. The summed E-state index contributed by atoms with van der Waals surface area (Å²) in [5.74, 6) is -0.0486. The van der Waals surface area contributed by atoms with E-state index in [-0.39, 0.29) is 12.5 Å². The van der Waals surface area contributed by atoms with Crippen molar-refractivity contribution in [2.45, 2.75) is 0 Å². The fraction of sp³-hybridized carbons (Fsp3) is 0.286. The first-order chi connectivity index (χ1) is 4.84. The van der Waals surface area contributed by atoms with E-state index in [1.165, 1.54) is 11.7 Å². The van der Waals surface area contributed by atoms with Gasteiger partial charge in [0.2, 0.25) is 0 Å². The molecule has 0 fully saturated rings. The molecule has 0 N–H and O–H groups in total. The summed E-state index contributed by atoms with van der Waals surface area (Å²) in [5.41, 5.74) is 0. The summed E-state index contributed by atoms with van der Waals surface area (Å²) < 4.78 is 6.15. The Kier molecular flexibility index (Phi) is 2.23. The minimum Gasteiger partial charge on any atom is -0.375 e. The Balaban J connectivity index is 2.59. The molecule has 0 radical (unpaired) electrons. The van der Waals surface area contributed by atoms with Crippen molar-refractivity contribution in [3.63, 3.8) is 0 Å². The summed E-state index contributed by atoms with van der Waals surface area (Å²) in [5, 5.41) is 0. The van der Waals surface area contributed by atoms with Gasteiger partial charge in [-0.3, -0.25) is 9.36 Å². The van der Waals surface area contributed by atoms with Gasteiger partial charge in [0.1, 0.15) is 6.61 Å². The third-order valence-electron chi connectivity index (χ3n) is 1.16. The van der Waals surface area contributed by atoms with Gasteiger partial charge in [-0.1, -0.05) is 0 Å². The quantitative estimate of drug-likeness (QED) is 0.606. The zero-order valence-corrected chi connectivity index (χ0v) is 5.78. The van der Waals surface area contributed by atoms with E-state index in [9.17, 15) is 4.79 Å². The third-order valence-corrected chi connectivity index (χ3v) is 1.16. The summed E-state index contributed by atoms with van der Waals surface area (Å²) >= 11 is 0. The molecule has 0 atom stereocenters. The summed E-state index contributed by atoms with van der Waals surface area (Å²) in [7, 11) is 1.50. The van der Waals surface area contributed by atoms with E-state index in [4.69, 9.17) is 0 Å². The second-order valence-corrected chi connectivity index (χ2v) is 1.92. The average molecular weight is 139 g/mol. The maximum atomic E-state index is 10.9. The van der Waals surface area contributed by atoms with E-state index in [0.717, 1.165) is 0 Å². The van der Waals surface area contributed by atoms with Gasteiger partial charge in [0.25, 0.3) is 5.91 Å². The van der Waals surface area contributed by atoms with Crippen LogP contribution in [0, 0.1) is 0 Å². The minimum atomic E-state index is -0.0486. The Bertz CT molecular complexity index is 203. The van der Waals surface area contributed by atoms with Crippen LogP contribution in [-0.2, 0) is 4.74 Å². The first kappa shape index (κ1) is 7.02. The second kappa shape index (κ2) is 3.17. The number of hydrogen-bond donors (Lipinski definition) is 0. The SMILES string of the molecule is COCC(=O)n1cccc1. The van der Waals surface area contributed by atoms with Gasteiger partial charge in [-0.25, -0.2) is 0 Å². The number of carbonyl (C=O) groups is 1. The molecule has 10 heavy (non-hydrogen) atoms. The molecule has 0 bridgehead atoms. The van der Waals surface area contributed by atoms with E-state index in [1.54, 1.807) is 24.5 Å². The van der Waals surface area contributed by atoms with Crippen LogP contribution in [0.2, 0.25) is 0 Å². The van der Waals surface area contributed by atoms with Gasteiger partial charge in [-0.15, -0.1) is 0 Å². The Morgan fingerprint density at radius 2 is 2.10 bits per heavy atom. The molecule has 0 aliphatic heterocycles. The van der Waals surface area contributed by atoms with Crippen LogP contribution in [0.25, 0.3) is 0 Å². The summed E-state index contributed by atoms with van der Waals surface area (Å²) in [4.78, 5) is 10.9. The highest BCUT2D eigenvalue weighted by atomic mass is 16.5.